The largest absolute Gasteiger partial charge is 0.469 e. The predicted octanol–water partition coefficient (Wildman–Crippen LogP) is 1.33. The molecule has 2 aromatic heterocycles. The van der Waals surface area contributed by atoms with Gasteiger partial charge in [-0.3, -0.25) is 4.68 Å². The van der Waals surface area contributed by atoms with E-state index in [-0.39, 0.29) is 0 Å². The molecule has 3 heterocycles. The summed E-state index contributed by atoms with van der Waals surface area (Å²) in [7, 11) is 1.93. The first-order chi connectivity index (χ1) is 11.8. The maximum Gasteiger partial charge on any atom is 0.191 e. The Bertz CT molecular complexity index is 629. The SMILES string of the molecule is Cn1nccc1CN=C(NCCc1ccco1)NCC1CCOC1. The van der Waals surface area contributed by atoms with E-state index in [1.165, 1.54) is 0 Å². The maximum absolute atomic E-state index is 5.43. The summed E-state index contributed by atoms with van der Waals surface area (Å²) in [5, 5.41) is 11.0. The van der Waals surface area contributed by atoms with E-state index in [2.05, 4.69) is 20.7 Å². The average Bonchev–Trinajstić information content (AvgIpc) is 3.33. The van der Waals surface area contributed by atoms with E-state index in [0.717, 1.165) is 56.6 Å². The number of aryl methyl sites for hydroxylation is 1. The second-order valence-corrected chi connectivity index (χ2v) is 5.98. The Morgan fingerprint density at radius 2 is 2.38 bits per heavy atom. The molecule has 7 nitrogen and oxygen atoms in total. The van der Waals surface area contributed by atoms with Crippen molar-refractivity contribution >= 4 is 5.96 Å². The summed E-state index contributed by atoms with van der Waals surface area (Å²) in [5.74, 6) is 2.34. The lowest BCUT2D eigenvalue weighted by Gasteiger charge is -2.15. The second kappa shape index (κ2) is 8.54. The first kappa shape index (κ1) is 16.6. The molecule has 0 aromatic carbocycles. The molecule has 0 saturated carbocycles. The number of furan rings is 1. The fourth-order valence-corrected chi connectivity index (χ4v) is 2.64. The van der Waals surface area contributed by atoms with Gasteiger partial charge >= 0.3 is 0 Å². The highest BCUT2D eigenvalue weighted by atomic mass is 16.5. The summed E-state index contributed by atoms with van der Waals surface area (Å²) < 4.78 is 12.6. The minimum atomic E-state index is 0.554. The van der Waals surface area contributed by atoms with Crippen LogP contribution in [0, 0.1) is 5.92 Å². The zero-order valence-electron chi connectivity index (χ0n) is 14.1. The number of nitrogens with one attached hydrogen (secondary N) is 2. The average molecular weight is 331 g/mol. The number of aromatic nitrogens is 2. The van der Waals surface area contributed by atoms with Crippen molar-refractivity contribution in [3.8, 4) is 0 Å². The van der Waals surface area contributed by atoms with Crippen LogP contribution in [-0.2, 0) is 24.8 Å². The summed E-state index contributed by atoms with van der Waals surface area (Å²) in [6, 6.07) is 5.87. The van der Waals surface area contributed by atoms with E-state index in [1.807, 2.05) is 29.9 Å². The summed E-state index contributed by atoms with van der Waals surface area (Å²) in [4.78, 5) is 4.67. The molecule has 2 N–H and O–H groups in total. The van der Waals surface area contributed by atoms with Crippen LogP contribution in [0.1, 0.15) is 17.9 Å². The van der Waals surface area contributed by atoms with Crippen molar-refractivity contribution in [3.63, 3.8) is 0 Å². The van der Waals surface area contributed by atoms with Crippen molar-refractivity contribution in [1.82, 2.24) is 20.4 Å². The number of nitrogens with zero attached hydrogens (tertiary/aromatic N) is 3. The van der Waals surface area contributed by atoms with Crippen LogP contribution in [0.15, 0.2) is 40.1 Å². The molecule has 2 aromatic rings. The second-order valence-electron chi connectivity index (χ2n) is 5.98. The van der Waals surface area contributed by atoms with Gasteiger partial charge in [0.1, 0.15) is 5.76 Å². The van der Waals surface area contributed by atoms with Crippen LogP contribution < -0.4 is 10.6 Å². The Balaban J connectivity index is 1.53. The van der Waals surface area contributed by atoms with Crippen LogP contribution in [-0.4, -0.2) is 42.0 Å². The molecule has 0 amide bonds. The van der Waals surface area contributed by atoms with Gasteiger partial charge in [-0.15, -0.1) is 0 Å². The van der Waals surface area contributed by atoms with Gasteiger partial charge in [0.25, 0.3) is 0 Å². The summed E-state index contributed by atoms with van der Waals surface area (Å²) >= 11 is 0. The summed E-state index contributed by atoms with van der Waals surface area (Å²) in [6.45, 7) is 3.92. The van der Waals surface area contributed by atoms with Gasteiger partial charge in [0, 0.05) is 45.3 Å². The molecule has 0 spiro atoms. The van der Waals surface area contributed by atoms with Crippen LogP contribution in [0.25, 0.3) is 0 Å². The first-order valence-electron chi connectivity index (χ1n) is 8.40. The van der Waals surface area contributed by atoms with Crippen molar-refractivity contribution in [2.75, 3.05) is 26.3 Å². The quantitative estimate of drug-likeness (QED) is 0.591. The molecule has 1 aliphatic rings. The van der Waals surface area contributed by atoms with Gasteiger partial charge in [-0.05, 0) is 24.6 Å². The highest BCUT2D eigenvalue weighted by Gasteiger charge is 2.15. The van der Waals surface area contributed by atoms with Crippen LogP contribution in [0.2, 0.25) is 0 Å². The fourth-order valence-electron chi connectivity index (χ4n) is 2.64. The molecule has 1 aliphatic heterocycles. The fraction of sp³-hybridized carbons (Fsp3) is 0.529. The Kier molecular flexibility index (Phi) is 5.90. The highest BCUT2D eigenvalue weighted by molar-refractivity contribution is 5.79. The molecule has 1 fully saturated rings. The molecule has 1 saturated heterocycles. The minimum Gasteiger partial charge on any atom is -0.469 e. The van der Waals surface area contributed by atoms with Gasteiger partial charge in [-0.25, -0.2) is 4.99 Å². The van der Waals surface area contributed by atoms with Gasteiger partial charge in [-0.1, -0.05) is 0 Å². The lowest BCUT2D eigenvalue weighted by molar-refractivity contribution is 0.186. The number of rotatable bonds is 7. The van der Waals surface area contributed by atoms with Crippen LogP contribution in [0.4, 0.5) is 0 Å². The van der Waals surface area contributed by atoms with Crippen LogP contribution >= 0.6 is 0 Å². The van der Waals surface area contributed by atoms with Crippen molar-refractivity contribution < 1.29 is 9.15 Å². The van der Waals surface area contributed by atoms with Crippen LogP contribution in [0.5, 0.6) is 0 Å². The molecule has 0 aliphatic carbocycles. The third-order valence-corrected chi connectivity index (χ3v) is 4.15. The zero-order chi connectivity index (χ0) is 16.6. The van der Waals surface area contributed by atoms with E-state index in [1.54, 1.807) is 12.5 Å². The Hall–Kier alpha value is -2.28. The van der Waals surface area contributed by atoms with E-state index in [0.29, 0.717) is 12.5 Å². The van der Waals surface area contributed by atoms with E-state index in [9.17, 15) is 0 Å². The lowest BCUT2D eigenvalue weighted by atomic mass is 10.1. The van der Waals surface area contributed by atoms with Gasteiger partial charge in [0.05, 0.1) is 25.1 Å². The molecule has 3 rings (SSSR count). The molecule has 0 radical (unpaired) electrons. The first-order valence-corrected chi connectivity index (χ1v) is 8.40. The van der Waals surface area contributed by atoms with Gasteiger partial charge < -0.3 is 19.8 Å². The number of aliphatic imine (C=N–C) groups is 1. The Morgan fingerprint density at radius 1 is 1.42 bits per heavy atom. The van der Waals surface area contributed by atoms with Crippen molar-refractivity contribution in [2.24, 2.45) is 18.0 Å². The van der Waals surface area contributed by atoms with Gasteiger partial charge in [-0.2, -0.15) is 5.10 Å². The smallest absolute Gasteiger partial charge is 0.191 e. The van der Waals surface area contributed by atoms with E-state index < -0.39 is 0 Å². The third kappa shape index (κ3) is 4.86. The van der Waals surface area contributed by atoms with Gasteiger partial charge in [0.2, 0.25) is 0 Å². The lowest BCUT2D eigenvalue weighted by Crippen LogP contribution is -2.41. The molecule has 24 heavy (non-hydrogen) atoms. The monoisotopic (exact) mass is 331 g/mol. The third-order valence-electron chi connectivity index (χ3n) is 4.15. The topological polar surface area (TPSA) is 76.6 Å². The molecule has 7 heteroatoms. The number of hydrogen-bond acceptors (Lipinski definition) is 4. The molecule has 1 atom stereocenters. The zero-order valence-corrected chi connectivity index (χ0v) is 14.1. The molecule has 1 unspecified atom stereocenters. The molecule has 130 valence electrons. The van der Waals surface area contributed by atoms with E-state index in [4.69, 9.17) is 9.15 Å². The van der Waals surface area contributed by atoms with E-state index >= 15 is 0 Å². The van der Waals surface area contributed by atoms with Gasteiger partial charge in [0.15, 0.2) is 5.96 Å². The van der Waals surface area contributed by atoms with Crippen molar-refractivity contribution in [1.29, 1.82) is 0 Å². The molecular formula is C17H25N5O2. The predicted molar refractivity (Wildman–Crippen MR) is 91.7 cm³/mol. The minimum absolute atomic E-state index is 0.554. The van der Waals surface area contributed by atoms with Crippen molar-refractivity contribution in [2.45, 2.75) is 19.4 Å². The summed E-state index contributed by atoms with van der Waals surface area (Å²) in [6.07, 6.45) is 5.42. The molecular weight excluding hydrogens is 306 g/mol. The standard InChI is InChI=1S/C17H25N5O2/c1-22-15(4-8-21-22)12-20-17(19-11-14-6-10-23-13-14)18-7-5-16-3-2-9-24-16/h2-4,8-9,14H,5-7,10-13H2,1H3,(H2,18,19,20). The highest BCUT2D eigenvalue weighted by Crippen LogP contribution is 2.10. The number of ether oxygens (including phenoxy) is 1. The normalized spacial score (nSPS) is 18.0. The Morgan fingerprint density at radius 3 is 3.08 bits per heavy atom. The Labute approximate surface area is 142 Å². The number of hydrogen-bond donors (Lipinski definition) is 2. The summed E-state index contributed by atoms with van der Waals surface area (Å²) in [5.41, 5.74) is 1.08. The molecule has 0 bridgehead atoms. The van der Waals surface area contributed by atoms with Crippen molar-refractivity contribution in [3.05, 3.63) is 42.1 Å². The van der Waals surface area contributed by atoms with Crippen LogP contribution in [0.3, 0.4) is 0 Å². The number of guanidine groups is 1. The maximum atomic E-state index is 5.43.